The minimum atomic E-state index is -3.91. The Hall–Kier alpha value is -4.22. The highest BCUT2D eigenvalue weighted by Crippen LogP contribution is 2.27. The molecule has 176 valence electrons. The molecule has 1 atom stereocenters. The van der Waals surface area contributed by atoms with E-state index in [2.05, 4.69) is 10.6 Å². The first-order chi connectivity index (χ1) is 16.0. The van der Waals surface area contributed by atoms with Crippen LogP contribution in [0.4, 0.5) is 11.4 Å². The summed E-state index contributed by atoms with van der Waals surface area (Å²) in [5, 5.41) is 18.5. The number of primary amides is 1. The van der Waals surface area contributed by atoms with Gasteiger partial charge in [0.25, 0.3) is 0 Å². The summed E-state index contributed by atoms with van der Waals surface area (Å²) in [6, 6.07) is 18.4. The molecule has 0 aromatic heterocycles. The van der Waals surface area contributed by atoms with Gasteiger partial charge in [0, 0.05) is 22.5 Å². The Morgan fingerprint density at radius 3 is 2.21 bits per heavy atom. The van der Waals surface area contributed by atoms with E-state index in [9.17, 15) is 18.0 Å². The average molecular weight is 481 g/mol. The summed E-state index contributed by atoms with van der Waals surface area (Å²) >= 11 is 0. The second-order valence-corrected chi connectivity index (χ2v) is 9.00. The third kappa shape index (κ3) is 6.18. The number of amidine groups is 1. The summed E-state index contributed by atoms with van der Waals surface area (Å²) in [5.74, 6) is -1.32. The Morgan fingerprint density at radius 2 is 1.59 bits per heavy atom. The molecule has 0 aliphatic carbocycles. The van der Waals surface area contributed by atoms with Crippen molar-refractivity contribution in [3.05, 3.63) is 78.4 Å². The van der Waals surface area contributed by atoms with E-state index in [1.54, 1.807) is 66.7 Å². The zero-order valence-electron chi connectivity index (χ0n) is 18.0. The number of hydrogen-bond donors (Lipinski definition) is 6. The Balaban J connectivity index is 1.79. The number of nitrogen functional groups attached to an aromatic ring is 1. The molecule has 3 aromatic rings. The Morgan fingerprint density at radius 1 is 0.912 bits per heavy atom. The van der Waals surface area contributed by atoms with Crippen molar-refractivity contribution in [2.45, 2.75) is 17.4 Å². The molecule has 0 fully saturated rings. The van der Waals surface area contributed by atoms with Gasteiger partial charge in [0.15, 0.2) is 0 Å². The van der Waals surface area contributed by atoms with E-state index in [1.807, 2.05) is 0 Å². The molecule has 0 aliphatic rings. The van der Waals surface area contributed by atoms with Crippen LogP contribution >= 0.6 is 0 Å². The lowest BCUT2D eigenvalue weighted by molar-refractivity contribution is -0.122. The van der Waals surface area contributed by atoms with Gasteiger partial charge >= 0.3 is 0 Å². The van der Waals surface area contributed by atoms with E-state index in [4.69, 9.17) is 22.0 Å². The third-order valence-corrected chi connectivity index (χ3v) is 5.86. The Kier molecular flexibility index (Phi) is 7.29. The Labute approximate surface area is 196 Å². The lowest BCUT2D eigenvalue weighted by Gasteiger charge is -2.19. The van der Waals surface area contributed by atoms with E-state index in [0.717, 1.165) is 0 Å². The normalized spacial score (nSPS) is 11.9. The van der Waals surface area contributed by atoms with Crippen LogP contribution in [-0.4, -0.2) is 32.1 Å². The van der Waals surface area contributed by atoms with Gasteiger partial charge in [-0.15, -0.1) is 0 Å². The zero-order valence-corrected chi connectivity index (χ0v) is 18.8. The fraction of sp³-hybridized carbons (Fsp3) is 0.0870. The summed E-state index contributed by atoms with van der Waals surface area (Å²) in [7, 11) is -3.91. The first-order valence-corrected chi connectivity index (χ1v) is 11.6. The number of nitrogens with one attached hydrogen (secondary N) is 3. The number of hydrogen-bond acceptors (Lipinski definition) is 6. The summed E-state index contributed by atoms with van der Waals surface area (Å²) < 4.78 is 23.7. The topological polar surface area (TPSA) is 194 Å². The summed E-state index contributed by atoms with van der Waals surface area (Å²) in [6.07, 6.45) is -0.268. The lowest BCUT2D eigenvalue weighted by atomic mass is 10.1. The highest BCUT2D eigenvalue weighted by atomic mass is 32.2. The number of anilines is 2. The van der Waals surface area contributed by atoms with Crippen LogP contribution < -0.4 is 27.2 Å². The van der Waals surface area contributed by atoms with Crippen molar-refractivity contribution in [1.82, 2.24) is 0 Å². The van der Waals surface area contributed by atoms with Crippen molar-refractivity contribution in [2.24, 2.45) is 16.6 Å². The van der Waals surface area contributed by atoms with Crippen molar-refractivity contribution in [2.75, 3.05) is 10.6 Å². The maximum absolute atomic E-state index is 12.9. The molecular formula is C23H24N6O4S. The largest absolute Gasteiger partial charge is 0.384 e. The molecule has 3 rings (SSSR count). The van der Waals surface area contributed by atoms with Crippen LogP contribution in [0.1, 0.15) is 12.0 Å². The second-order valence-electron chi connectivity index (χ2n) is 7.47. The second kappa shape index (κ2) is 10.1. The van der Waals surface area contributed by atoms with Gasteiger partial charge in [0.2, 0.25) is 21.8 Å². The molecule has 0 saturated carbocycles. The zero-order chi connectivity index (χ0) is 24.9. The van der Waals surface area contributed by atoms with Crippen LogP contribution in [0.3, 0.4) is 0 Å². The molecule has 0 spiro atoms. The van der Waals surface area contributed by atoms with Gasteiger partial charge in [-0.3, -0.25) is 15.0 Å². The monoisotopic (exact) mass is 480 g/mol. The van der Waals surface area contributed by atoms with Gasteiger partial charge in [-0.05, 0) is 35.9 Å². The fourth-order valence-corrected chi connectivity index (χ4v) is 4.06. The summed E-state index contributed by atoms with van der Waals surface area (Å²) in [4.78, 5) is 24.4. The molecule has 11 heteroatoms. The first kappa shape index (κ1) is 24.4. The predicted molar refractivity (Wildman–Crippen MR) is 131 cm³/mol. The van der Waals surface area contributed by atoms with E-state index in [1.165, 1.54) is 6.07 Å². The molecule has 0 aliphatic heterocycles. The highest BCUT2D eigenvalue weighted by Gasteiger charge is 2.21. The minimum absolute atomic E-state index is 0.00898. The number of benzene rings is 3. The molecule has 0 saturated heterocycles. The van der Waals surface area contributed by atoms with E-state index >= 15 is 0 Å². The van der Waals surface area contributed by atoms with Crippen molar-refractivity contribution >= 4 is 39.0 Å². The molecule has 0 heterocycles. The summed E-state index contributed by atoms with van der Waals surface area (Å²) in [5.41, 5.74) is 13.2. The molecule has 0 unspecified atom stereocenters. The molecule has 3 aromatic carbocycles. The predicted octanol–water partition coefficient (Wildman–Crippen LogP) is 1.58. The van der Waals surface area contributed by atoms with Crippen LogP contribution in [0, 0.1) is 5.41 Å². The minimum Gasteiger partial charge on any atom is -0.384 e. The van der Waals surface area contributed by atoms with Gasteiger partial charge in [-0.25, -0.2) is 13.6 Å². The van der Waals surface area contributed by atoms with Crippen LogP contribution in [0.2, 0.25) is 0 Å². The number of carbonyl (C=O) groups excluding carboxylic acids is 2. The average Bonchev–Trinajstić information content (AvgIpc) is 2.78. The summed E-state index contributed by atoms with van der Waals surface area (Å²) in [6.45, 7) is 0. The van der Waals surface area contributed by atoms with Crippen LogP contribution in [-0.2, 0) is 19.6 Å². The highest BCUT2D eigenvalue weighted by molar-refractivity contribution is 7.89. The van der Waals surface area contributed by atoms with Crippen molar-refractivity contribution in [3.8, 4) is 11.1 Å². The fourth-order valence-electron chi connectivity index (χ4n) is 3.30. The maximum Gasteiger partial charge on any atom is 0.247 e. The molecule has 9 N–H and O–H groups in total. The molecule has 0 bridgehead atoms. The van der Waals surface area contributed by atoms with Gasteiger partial charge in [0.1, 0.15) is 11.9 Å². The lowest BCUT2D eigenvalue weighted by Crippen LogP contribution is -2.38. The van der Waals surface area contributed by atoms with Gasteiger partial charge in [-0.2, -0.15) is 0 Å². The number of nitrogens with two attached hydrogens (primary N) is 3. The SMILES string of the molecule is N=C(N)c1cccc(N[C@@H](CC(N)=O)C(=O)Nc2ccc(-c3ccccc3S(N)(=O)=O)cc2)c1. The van der Waals surface area contributed by atoms with E-state index < -0.39 is 27.9 Å². The van der Waals surface area contributed by atoms with Gasteiger partial charge in [0.05, 0.1) is 11.3 Å². The standard InChI is InChI=1S/C23H24N6O4S/c24-21(30)13-19(28-17-5-3-4-15(12-17)22(25)26)23(31)29-16-10-8-14(9-11-16)18-6-1-2-7-20(18)34(27,32)33/h1-12,19,28H,13H2,(H2,24,30)(H3,25,26)(H,29,31)(H2,27,32,33)/t19-/m0/s1. The number of primary sulfonamides is 1. The molecule has 0 radical (unpaired) electrons. The van der Waals surface area contributed by atoms with Crippen LogP contribution in [0.25, 0.3) is 11.1 Å². The van der Waals surface area contributed by atoms with E-state index in [0.29, 0.717) is 28.1 Å². The molecule has 2 amide bonds. The Bertz CT molecular complexity index is 1340. The van der Waals surface area contributed by atoms with Crippen LogP contribution in [0.15, 0.2) is 77.7 Å². The third-order valence-electron chi connectivity index (χ3n) is 4.89. The van der Waals surface area contributed by atoms with Crippen molar-refractivity contribution < 1.29 is 18.0 Å². The number of amides is 2. The van der Waals surface area contributed by atoms with Gasteiger partial charge in [-0.1, -0.05) is 42.5 Å². The number of sulfonamides is 1. The van der Waals surface area contributed by atoms with Crippen molar-refractivity contribution in [3.63, 3.8) is 0 Å². The van der Waals surface area contributed by atoms with E-state index in [-0.39, 0.29) is 17.2 Å². The smallest absolute Gasteiger partial charge is 0.247 e. The van der Waals surface area contributed by atoms with Crippen molar-refractivity contribution in [1.29, 1.82) is 5.41 Å². The van der Waals surface area contributed by atoms with Gasteiger partial charge < -0.3 is 22.1 Å². The first-order valence-electron chi connectivity index (χ1n) is 10.1. The maximum atomic E-state index is 12.9. The number of carbonyl (C=O) groups is 2. The quantitative estimate of drug-likeness (QED) is 0.199. The van der Waals surface area contributed by atoms with Crippen LogP contribution in [0.5, 0.6) is 0 Å². The number of rotatable bonds is 9. The molecule has 10 nitrogen and oxygen atoms in total. The molecular weight excluding hydrogens is 456 g/mol. The molecule has 34 heavy (non-hydrogen) atoms.